The monoisotopic (exact) mass is 297 g/mol. The fraction of sp³-hybridized carbons (Fsp3) is 0.471. The first-order chi connectivity index (χ1) is 10.6. The Balaban J connectivity index is 1.93. The molecule has 0 aliphatic heterocycles. The second-order valence-corrected chi connectivity index (χ2v) is 6.05. The average molecular weight is 297 g/mol. The first-order valence-corrected chi connectivity index (χ1v) is 7.88. The molecule has 0 bridgehead atoms. The summed E-state index contributed by atoms with van der Waals surface area (Å²) >= 11 is 0. The summed E-state index contributed by atoms with van der Waals surface area (Å²) in [5, 5.41) is 3.56. The van der Waals surface area contributed by atoms with Crippen molar-refractivity contribution in [1.82, 2.24) is 15.0 Å². The highest BCUT2D eigenvalue weighted by molar-refractivity contribution is 5.53. The van der Waals surface area contributed by atoms with E-state index >= 15 is 0 Å². The molecule has 0 fully saturated rings. The lowest BCUT2D eigenvalue weighted by Gasteiger charge is -2.24. The summed E-state index contributed by atoms with van der Waals surface area (Å²) in [6.45, 7) is 2.14. The number of hydrogen-bond acceptors (Lipinski definition) is 5. The number of nitrogens with zero attached hydrogens (tertiary/aromatic N) is 4. The standard InChI is InChI=1S/C17H23N5/c1-12(13-7-6-10-18-11-13)19-16-14-8-4-5-9-15(14)20-17(21-16)22(2)3/h6-7,10-12H,4-5,8-9H2,1-3H3,(H,19,20,21). The molecule has 0 aromatic carbocycles. The van der Waals surface area contributed by atoms with Gasteiger partial charge < -0.3 is 10.2 Å². The van der Waals surface area contributed by atoms with Crippen molar-refractivity contribution in [3.63, 3.8) is 0 Å². The summed E-state index contributed by atoms with van der Waals surface area (Å²) in [4.78, 5) is 15.6. The Morgan fingerprint density at radius 3 is 2.73 bits per heavy atom. The molecule has 0 saturated heterocycles. The molecule has 1 unspecified atom stereocenters. The average Bonchev–Trinajstić information content (AvgIpc) is 2.55. The second-order valence-electron chi connectivity index (χ2n) is 6.05. The van der Waals surface area contributed by atoms with Crippen molar-refractivity contribution in [3.05, 3.63) is 41.3 Å². The van der Waals surface area contributed by atoms with Crippen molar-refractivity contribution in [2.75, 3.05) is 24.3 Å². The van der Waals surface area contributed by atoms with E-state index in [4.69, 9.17) is 9.97 Å². The molecule has 0 saturated carbocycles. The number of rotatable bonds is 4. The number of anilines is 2. The van der Waals surface area contributed by atoms with E-state index in [-0.39, 0.29) is 6.04 Å². The van der Waals surface area contributed by atoms with Crippen LogP contribution in [0, 0.1) is 0 Å². The molecule has 1 aliphatic carbocycles. The maximum absolute atomic E-state index is 4.73. The minimum absolute atomic E-state index is 0.171. The fourth-order valence-corrected chi connectivity index (χ4v) is 2.82. The van der Waals surface area contributed by atoms with Crippen molar-refractivity contribution >= 4 is 11.8 Å². The fourth-order valence-electron chi connectivity index (χ4n) is 2.82. The lowest BCUT2D eigenvalue weighted by atomic mass is 9.96. The normalized spacial score (nSPS) is 15.0. The summed E-state index contributed by atoms with van der Waals surface area (Å²) in [5.74, 6) is 1.76. The van der Waals surface area contributed by atoms with E-state index in [9.17, 15) is 0 Å². The molecule has 116 valence electrons. The number of aromatic nitrogens is 3. The number of nitrogens with one attached hydrogen (secondary N) is 1. The Morgan fingerprint density at radius 2 is 2.00 bits per heavy atom. The van der Waals surface area contributed by atoms with Gasteiger partial charge in [-0.2, -0.15) is 4.98 Å². The van der Waals surface area contributed by atoms with Crippen LogP contribution in [0.2, 0.25) is 0 Å². The molecule has 1 N–H and O–H groups in total. The topological polar surface area (TPSA) is 53.9 Å². The smallest absolute Gasteiger partial charge is 0.227 e. The Kier molecular flexibility index (Phi) is 4.22. The highest BCUT2D eigenvalue weighted by Gasteiger charge is 2.20. The predicted octanol–water partition coefficient (Wildman–Crippen LogP) is 2.99. The maximum Gasteiger partial charge on any atom is 0.227 e. The van der Waals surface area contributed by atoms with Gasteiger partial charge in [-0.25, -0.2) is 4.98 Å². The van der Waals surface area contributed by atoms with E-state index in [0.717, 1.165) is 30.2 Å². The summed E-state index contributed by atoms with van der Waals surface area (Å²) < 4.78 is 0. The second kappa shape index (κ2) is 6.30. The van der Waals surface area contributed by atoms with Crippen molar-refractivity contribution in [3.8, 4) is 0 Å². The molecule has 1 atom stereocenters. The van der Waals surface area contributed by atoms with Crippen molar-refractivity contribution < 1.29 is 0 Å². The molecule has 0 spiro atoms. The number of pyridine rings is 1. The van der Waals surface area contributed by atoms with Crippen LogP contribution in [0.25, 0.3) is 0 Å². The first kappa shape index (κ1) is 14.8. The predicted molar refractivity (Wildman–Crippen MR) is 89.3 cm³/mol. The summed E-state index contributed by atoms with van der Waals surface area (Å²) in [5.41, 5.74) is 3.65. The van der Waals surface area contributed by atoms with Crippen LogP contribution >= 0.6 is 0 Å². The first-order valence-electron chi connectivity index (χ1n) is 7.88. The number of fused-ring (bicyclic) bond motifs is 1. The molecule has 2 aromatic rings. The van der Waals surface area contributed by atoms with E-state index in [1.165, 1.54) is 24.1 Å². The quantitative estimate of drug-likeness (QED) is 0.940. The molecule has 2 aromatic heterocycles. The molecule has 5 heteroatoms. The Morgan fingerprint density at radius 1 is 1.18 bits per heavy atom. The minimum atomic E-state index is 0.171. The van der Waals surface area contributed by atoms with Crippen LogP contribution in [0.4, 0.5) is 11.8 Å². The lowest BCUT2D eigenvalue weighted by molar-refractivity contribution is 0.660. The number of aryl methyl sites for hydroxylation is 1. The molecule has 1 aliphatic rings. The SMILES string of the molecule is CC(Nc1nc(N(C)C)nc2c1CCCC2)c1cccnc1. The third-order valence-corrected chi connectivity index (χ3v) is 4.11. The highest BCUT2D eigenvalue weighted by atomic mass is 15.2. The van der Waals surface area contributed by atoms with E-state index in [2.05, 4.69) is 23.3 Å². The van der Waals surface area contributed by atoms with Gasteiger partial charge in [0.15, 0.2) is 0 Å². The molecule has 2 heterocycles. The lowest BCUT2D eigenvalue weighted by Crippen LogP contribution is -2.20. The zero-order valence-corrected chi connectivity index (χ0v) is 13.5. The molecular formula is C17H23N5. The van der Waals surface area contributed by atoms with E-state index in [1.54, 1.807) is 6.20 Å². The maximum atomic E-state index is 4.73. The van der Waals surface area contributed by atoms with Gasteiger partial charge in [0.1, 0.15) is 5.82 Å². The van der Waals surface area contributed by atoms with Gasteiger partial charge in [-0.15, -0.1) is 0 Å². The third-order valence-electron chi connectivity index (χ3n) is 4.11. The molecule has 5 nitrogen and oxygen atoms in total. The Hall–Kier alpha value is -2.17. The van der Waals surface area contributed by atoms with E-state index < -0.39 is 0 Å². The van der Waals surface area contributed by atoms with Gasteiger partial charge in [-0.1, -0.05) is 6.07 Å². The molecular weight excluding hydrogens is 274 g/mol. The highest BCUT2D eigenvalue weighted by Crippen LogP contribution is 2.29. The van der Waals surface area contributed by atoms with Gasteiger partial charge in [0.05, 0.1) is 11.7 Å². The zero-order chi connectivity index (χ0) is 15.5. The summed E-state index contributed by atoms with van der Waals surface area (Å²) in [6.07, 6.45) is 8.24. The molecule has 3 rings (SSSR count). The third kappa shape index (κ3) is 3.03. The van der Waals surface area contributed by atoms with Crippen LogP contribution < -0.4 is 10.2 Å². The van der Waals surface area contributed by atoms with Crippen LogP contribution in [-0.4, -0.2) is 29.0 Å². The summed E-state index contributed by atoms with van der Waals surface area (Å²) in [6, 6.07) is 4.23. The van der Waals surface area contributed by atoms with E-state index in [0.29, 0.717) is 0 Å². The molecule has 0 radical (unpaired) electrons. The van der Waals surface area contributed by atoms with Gasteiger partial charge in [0.25, 0.3) is 0 Å². The Bertz CT molecular complexity index is 639. The van der Waals surface area contributed by atoms with E-state index in [1.807, 2.05) is 31.3 Å². The van der Waals surface area contributed by atoms with Gasteiger partial charge in [0.2, 0.25) is 5.95 Å². The van der Waals surface area contributed by atoms with Gasteiger partial charge >= 0.3 is 0 Å². The van der Waals surface area contributed by atoms with Gasteiger partial charge in [0, 0.05) is 32.1 Å². The van der Waals surface area contributed by atoms with Crippen molar-refractivity contribution in [2.45, 2.75) is 38.6 Å². The molecule has 22 heavy (non-hydrogen) atoms. The summed E-state index contributed by atoms with van der Waals surface area (Å²) in [7, 11) is 3.97. The zero-order valence-electron chi connectivity index (χ0n) is 13.5. The van der Waals surface area contributed by atoms with Gasteiger partial charge in [-0.05, 0) is 44.2 Å². The van der Waals surface area contributed by atoms with Crippen LogP contribution in [0.3, 0.4) is 0 Å². The van der Waals surface area contributed by atoms with Crippen LogP contribution in [0.1, 0.15) is 42.6 Å². The van der Waals surface area contributed by atoms with Crippen molar-refractivity contribution in [2.24, 2.45) is 0 Å². The van der Waals surface area contributed by atoms with Crippen LogP contribution in [0.15, 0.2) is 24.5 Å². The minimum Gasteiger partial charge on any atom is -0.363 e. The van der Waals surface area contributed by atoms with Crippen LogP contribution in [0.5, 0.6) is 0 Å². The molecule has 0 amide bonds. The number of hydrogen-bond donors (Lipinski definition) is 1. The Labute approximate surface area is 131 Å². The largest absolute Gasteiger partial charge is 0.363 e. The van der Waals surface area contributed by atoms with Crippen molar-refractivity contribution in [1.29, 1.82) is 0 Å². The van der Waals surface area contributed by atoms with Crippen LogP contribution in [-0.2, 0) is 12.8 Å². The van der Waals surface area contributed by atoms with Gasteiger partial charge in [-0.3, -0.25) is 4.98 Å².